The van der Waals surface area contributed by atoms with Crippen molar-refractivity contribution in [2.45, 2.75) is 70.4 Å². The number of benzene rings is 2. The third kappa shape index (κ3) is 6.27. The number of tetrazole rings is 1. The molecule has 0 aliphatic heterocycles. The molecule has 10 nitrogen and oxygen atoms in total. The largest absolute Gasteiger partial charge is 0.506 e. The van der Waals surface area contributed by atoms with Crippen LogP contribution in [0.15, 0.2) is 54.6 Å². The molecule has 0 atom stereocenters. The standard InChI is InChI=1S/C30H34N6O4/c1-2-3-4-11-27(37)36(20-30(40-29(38)39)16-7-8-17-30)19-21-12-14-25-22(18-21)13-15-26(31-25)23-9-5-6-10-24(23)28-32-34-35-33-28/h5-6,9-10,12-15,18H,2-4,7-8,11,16-17,19-20H2,1H3,(H,38,39)(H,32,33,34,35). The Morgan fingerprint density at radius 3 is 2.58 bits per heavy atom. The van der Waals surface area contributed by atoms with Crippen LogP contribution in [0.25, 0.3) is 33.5 Å². The first-order valence-corrected chi connectivity index (χ1v) is 13.9. The van der Waals surface area contributed by atoms with E-state index in [-0.39, 0.29) is 12.5 Å². The zero-order valence-electron chi connectivity index (χ0n) is 22.7. The topological polar surface area (TPSA) is 134 Å². The summed E-state index contributed by atoms with van der Waals surface area (Å²) in [5.41, 5.74) is 3.47. The number of pyridine rings is 1. The molecule has 1 saturated carbocycles. The van der Waals surface area contributed by atoms with Gasteiger partial charge in [-0.15, -0.1) is 10.2 Å². The van der Waals surface area contributed by atoms with Gasteiger partial charge in [-0.05, 0) is 61.1 Å². The van der Waals surface area contributed by atoms with E-state index in [0.717, 1.165) is 65.4 Å². The Labute approximate surface area is 232 Å². The lowest BCUT2D eigenvalue weighted by molar-refractivity contribution is -0.136. The third-order valence-electron chi connectivity index (χ3n) is 7.56. The highest BCUT2D eigenvalue weighted by atomic mass is 16.7. The van der Waals surface area contributed by atoms with Crippen molar-refractivity contribution in [2.75, 3.05) is 6.54 Å². The highest BCUT2D eigenvalue weighted by molar-refractivity contribution is 5.85. The molecule has 1 aliphatic carbocycles. The van der Waals surface area contributed by atoms with Gasteiger partial charge in [0.2, 0.25) is 11.7 Å². The van der Waals surface area contributed by atoms with Crippen LogP contribution in [0, 0.1) is 0 Å². The normalized spacial score (nSPS) is 14.3. The van der Waals surface area contributed by atoms with Gasteiger partial charge in [0.1, 0.15) is 5.60 Å². The van der Waals surface area contributed by atoms with Crippen LogP contribution in [0.5, 0.6) is 0 Å². The van der Waals surface area contributed by atoms with Crippen molar-refractivity contribution in [1.29, 1.82) is 0 Å². The second-order valence-corrected chi connectivity index (χ2v) is 10.5. The van der Waals surface area contributed by atoms with Gasteiger partial charge in [0.05, 0.1) is 17.8 Å². The van der Waals surface area contributed by atoms with Crippen molar-refractivity contribution in [3.05, 3.63) is 60.2 Å². The Balaban J connectivity index is 1.40. The van der Waals surface area contributed by atoms with Gasteiger partial charge in [0.15, 0.2) is 0 Å². The van der Waals surface area contributed by atoms with Gasteiger partial charge < -0.3 is 14.7 Å². The Kier molecular flexibility index (Phi) is 8.33. The van der Waals surface area contributed by atoms with E-state index >= 15 is 0 Å². The maximum absolute atomic E-state index is 13.3. The Morgan fingerprint density at radius 1 is 1.05 bits per heavy atom. The van der Waals surface area contributed by atoms with Gasteiger partial charge in [-0.3, -0.25) is 4.79 Å². The molecule has 2 N–H and O–H groups in total. The fraction of sp³-hybridized carbons (Fsp3) is 0.400. The summed E-state index contributed by atoms with van der Waals surface area (Å²) in [7, 11) is 0. The van der Waals surface area contributed by atoms with Gasteiger partial charge in [-0.2, -0.15) is 5.21 Å². The molecular weight excluding hydrogens is 508 g/mol. The summed E-state index contributed by atoms with van der Waals surface area (Å²) in [5, 5.41) is 24.8. The summed E-state index contributed by atoms with van der Waals surface area (Å²) in [4.78, 5) is 31.5. The minimum absolute atomic E-state index is 0.0281. The van der Waals surface area contributed by atoms with Crippen LogP contribution in [0.2, 0.25) is 0 Å². The summed E-state index contributed by atoms with van der Waals surface area (Å²) in [6, 6.07) is 17.8. The summed E-state index contributed by atoms with van der Waals surface area (Å²) in [5.74, 6) is 0.531. The molecule has 2 heterocycles. The van der Waals surface area contributed by atoms with E-state index in [9.17, 15) is 14.7 Å². The van der Waals surface area contributed by atoms with Gasteiger partial charge in [-0.25, -0.2) is 9.78 Å². The molecule has 10 heteroatoms. The number of carboxylic acid groups (broad SMARTS) is 1. The predicted octanol–water partition coefficient (Wildman–Crippen LogP) is 6.00. The molecule has 2 aromatic carbocycles. The maximum Gasteiger partial charge on any atom is 0.506 e. The van der Waals surface area contributed by atoms with Crippen molar-refractivity contribution in [3.63, 3.8) is 0 Å². The van der Waals surface area contributed by atoms with Crippen molar-refractivity contribution in [3.8, 4) is 22.6 Å². The van der Waals surface area contributed by atoms with Gasteiger partial charge in [0, 0.05) is 29.5 Å². The van der Waals surface area contributed by atoms with E-state index < -0.39 is 11.8 Å². The van der Waals surface area contributed by atoms with E-state index in [2.05, 4.69) is 27.5 Å². The molecule has 40 heavy (non-hydrogen) atoms. The van der Waals surface area contributed by atoms with Gasteiger partial charge >= 0.3 is 6.16 Å². The number of carbonyl (C=O) groups excluding carboxylic acids is 1. The van der Waals surface area contributed by atoms with Crippen LogP contribution >= 0.6 is 0 Å². The quantitative estimate of drug-likeness (QED) is 0.174. The second-order valence-electron chi connectivity index (χ2n) is 10.5. The monoisotopic (exact) mass is 542 g/mol. The maximum atomic E-state index is 13.3. The van der Waals surface area contributed by atoms with E-state index in [0.29, 0.717) is 31.6 Å². The number of aromatic nitrogens is 5. The lowest BCUT2D eigenvalue weighted by Crippen LogP contribution is -2.46. The summed E-state index contributed by atoms with van der Waals surface area (Å²) >= 11 is 0. The second kappa shape index (κ2) is 12.2. The number of H-pyrrole nitrogens is 1. The zero-order valence-corrected chi connectivity index (χ0v) is 22.7. The number of hydrogen-bond donors (Lipinski definition) is 2. The highest BCUT2D eigenvalue weighted by Crippen LogP contribution is 2.35. The first-order chi connectivity index (χ1) is 19.5. The fourth-order valence-electron chi connectivity index (χ4n) is 5.58. The van der Waals surface area contributed by atoms with Crippen molar-refractivity contribution in [1.82, 2.24) is 30.5 Å². The Morgan fingerprint density at radius 2 is 1.85 bits per heavy atom. The first kappa shape index (κ1) is 27.2. The molecule has 2 aromatic heterocycles. The van der Waals surface area contributed by atoms with E-state index in [1.54, 1.807) is 4.90 Å². The number of nitrogens with one attached hydrogen (secondary N) is 1. The number of nitrogens with zero attached hydrogens (tertiary/aromatic N) is 5. The molecule has 0 bridgehead atoms. The molecule has 5 rings (SSSR count). The van der Waals surface area contributed by atoms with Crippen LogP contribution in [0.1, 0.15) is 63.9 Å². The lowest BCUT2D eigenvalue weighted by Gasteiger charge is -2.34. The van der Waals surface area contributed by atoms with E-state index in [1.165, 1.54) is 0 Å². The molecule has 1 fully saturated rings. The first-order valence-electron chi connectivity index (χ1n) is 13.9. The molecular formula is C30H34N6O4. The van der Waals surface area contributed by atoms with Crippen LogP contribution in [-0.2, 0) is 16.1 Å². The van der Waals surface area contributed by atoms with Crippen molar-refractivity contribution in [2.24, 2.45) is 0 Å². The fourth-order valence-corrected chi connectivity index (χ4v) is 5.58. The highest BCUT2D eigenvalue weighted by Gasteiger charge is 2.40. The average Bonchev–Trinajstić information content (AvgIpc) is 3.65. The number of aromatic amines is 1. The Hall–Kier alpha value is -4.34. The number of fused-ring (bicyclic) bond motifs is 1. The summed E-state index contributed by atoms with van der Waals surface area (Å²) in [6.45, 7) is 2.76. The number of rotatable bonds is 11. The zero-order chi connectivity index (χ0) is 28.0. The van der Waals surface area contributed by atoms with E-state index in [4.69, 9.17) is 9.72 Å². The molecule has 1 amide bonds. The number of amides is 1. The van der Waals surface area contributed by atoms with Crippen LogP contribution in [-0.4, -0.2) is 59.8 Å². The summed E-state index contributed by atoms with van der Waals surface area (Å²) < 4.78 is 5.40. The minimum Gasteiger partial charge on any atom is -0.450 e. The number of ether oxygens (including phenoxy) is 1. The lowest BCUT2D eigenvalue weighted by atomic mass is 9.99. The summed E-state index contributed by atoms with van der Waals surface area (Å²) in [6.07, 6.45) is 5.03. The van der Waals surface area contributed by atoms with Crippen LogP contribution < -0.4 is 0 Å². The third-order valence-corrected chi connectivity index (χ3v) is 7.56. The predicted molar refractivity (Wildman–Crippen MR) is 150 cm³/mol. The van der Waals surface area contributed by atoms with E-state index in [1.807, 2.05) is 54.6 Å². The smallest absolute Gasteiger partial charge is 0.450 e. The molecule has 4 aromatic rings. The molecule has 0 spiro atoms. The van der Waals surface area contributed by atoms with Crippen molar-refractivity contribution < 1.29 is 19.4 Å². The molecule has 1 aliphatic rings. The minimum atomic E-state index is -1.28. The molecule has 0 radical (unpaired) electrons. The van der Waals surface area contributed by atoms with Crippen LogP contribution in [0.3, 0.4) is 0 Å². The van der Waals surface area contributed by atoms with Gasteiger partial charge in [-0.1, -0.05) is 56.2 Å². The van der Waals surface area contributed by atoms with Crippen molar-refractivity contribution >= 4 is 23.0 Å². The molecule has 208 valence electrons. The van der Waals surface area contributed by atoms with Gasteiger partial charge in [0.25, 0.3) is 0 Å². The number of unbranched alkanes of at least 4 members (excludes halogenated alkanes) is 2. The SMILES string of the molecule is CCCCCC(=O)N(Cc1ccc2nc(-c3ccccc3-c3nn[nH]n3)ccc2c1)CC1(OC(=O)O)CCCC1. The number of carbonyl (C=O) groups is 2. The van der Waals surface area contributed by atoms with Crippen LogP contribution in [0.4, 0.5) is 4.79 Å². The molecule has 0 saturated heterocycles. The average molecular weight is 543 g/mol. The Bertz CT molecular complexity index is 1470. The number of hydrogen-bond acceptors (Lipinski definition) is 7. The molecule has 0 unspecified atom stereocenters.